The van der Waals surface area contributed by atoms with Gasteiger partial charge in [-0.15, -0.1) is 0 Å². The summed E-state index contributed by atoms with van der Waals surface area (Å²) in [4.78, 5) is 13.2. The van der Waals surface area contributed by atoms with E-state index in [-0.39, 0.29) is 23.1 Å². The number of alkyl halides is 3. The van der Waals surface area contributed by atoms with Gasteiger partial charge >= 0.3 is 0 Å². The van der Waals surface area contributed by atoms with Gasteiger partial charge in [-0.1, -0.05) is 12.1 Å². The molecule has 0 aliphatic carbocycles. The Balaban J connectivity index is 1.49. The molecular weight excluding hydrogens is 576 g/mol. The third kappa shape index (κ3) is 6.87. The number of aromatic nitrogens is 3. The van der Waals surface area contributed by atoms with E-state index in [1.807, 2.05) is 4.72 Å². The van der Waals surface area contributed by atoms with Gasteiger partial charge in [0.2, 0.25) is 21.9 Å². The van der Waals surface area contributed by atoms with Gasteiger partial charge in [0.05, 0.1) is 16.9 Å². The second-order valence-electron chi connectivity index (χ2n) is 10.2. The summed E-state index contributed by atoms with van der Waals surface area (Å²) in [6.45, 7) is 3.08. The summed E-state index contributed by atoms with van der Waals surface area (Å²) in [6, 6.07) is 10.4. The van der Waals surface area contributed by atoms with Crippen molar-refractivity contribution < 1.29 is 30.7 Å². The summed E-state index contributed by atoms with van der Waals surface area (Å²) in [5.41, 5.74) is 1.11. The van der Waals surface area contributed by atoms with Gasteiger partial charge in [0.25, 0.3) is 5.92 Å². The summed E-state index contributed by atoms with van der Waals surface area (Å²) in [5, 5.41) is 6.59. The molecular formula is C28H28F4N6O3S. The van der Waals surface area contributed by atoms with Gasteiger partial charge in [-0.05, 0) is 42.8 Å². The van der Waals surface area contributed by atoms with Crippen molar-refractivity contribution in [2.45, 2.75) is 38.4 Å². The van der Waals surface area contributed by atoms with Crippen molar-refractivity contribution in [3.63, 3.8) is 0 Å². The van der Waals surface area contributed by atoms with Crippen LogP contribution in [0.25, 0.3) is 22.0 Å². The number of nitrogens with zero attached hydrogens (tertiary/aromatic N) is 3. The van der Waals surface area contributed by atoms with Crippen LogP contribution in [0.4, 0.5) is 29.2 Å². The molecule has 4 aromatic rings. The fourth-order valence-corrected chi connectivity index (χ4v) is 6.01. The Labute approximate surface area is 239 Å². The summed E-state index contributed by atoms with van der Waals surface area (Å²) < 4.78 is 88.6. The number of rotatable bonds is 9. The maximum absolute atomic E-state index is 14.8. The second kappa shape index (κ2) is 11.7. The fraction of sp³-hybridized carbons (Fsp3) is 0.321. The van der Waals surface area contributed by atoms with Crippen LogP contribution >= 0.6 is 0 Å². The zero-order valence-electron chi connectivity index (χ0n) is 22.7. The molecule has 1 fully saturated rings. The Kier molecular flexibility index (Phi) is 8.19. The van der Waals surface area contributed by atoms with Gasteiger partial charge in [-0.3, -0.25) is 4.72 Å². The molecule has 42 heavy (non-hydrogen) atoms. The van der Waals surface area contributed by atoms with Crippen LogP contribution in [0.1, 0.15) is 18.9 Å². The topological polar surface area (TPSA) is 118 Å². The van der Waals surface area contributed by atoms with Crippen LogP contribution in [0.2, 0.25) is 0 Å². The van der Waals surface area contributed by atoms with Gasteiger partial charge in [0.15, 0.2) is 0 Å². The summed E-state index contributed by atoms with van der Waals surface area (Å²) >= 11 is 0. The average molecular weight is 605 g/mol. The lowest BCUT2D eigenvalue weighted by Gasteiger charge is -2.26. The Morgan fingerprint density at radius 3 is 2.62 bits per heavy atom. The first-order valence-electron chi connectivity index (χ1n) is 13.1. The molecule has 0 bridgehead atoms. The number of ether oxygens (including phenoxy) is 1. The minimum Gasteiger partial charge on any atom is -0.437 e. The number of hydrogen-bond donors (Lipinski definition) is 3. The monoisotopic (exact) mass is 604 g/mol. The number of pyridine rings is 1. The van der Waals surface area contributed by atoms with E-state index in [4.69, 9.17) is 4.74 Å². The smallest absolute Gasteiger partial charge is 0.261 e. The Hall–Kier alpha value is -4.04. The van der Waals surface area contributed by atoms with E-state index in [0.29, 0.717) is 54.6 Å². The van der Waals surface area contributed by atoms with Gasteiger partial charge in [0.1, 0.15) is 23.5 Å². The van der Waals surface area contributed by atoms with Crippen LogP contribution in [-0.4, -0.2) is 60.3 Å². The summed E-state index contributed by atoms with van der Waals surface area (Å²) in [5.74, 6) is -5.26. The average Bonchev–Trinajstić information content (AvgIpc) is 2.91. The van der Waals surface area contributed by atoms with Crippen molar-refractivity contribution in [3.8, 4) is 22.9 Å². The standard InChI is InChI=1S/C28H28F4N6O3S/c1-16-5-6-19-20(7-8-22(30)24(19)38-42(39,40)15-28(2,31)32)25(16)41-26-21(4-3-10-34-26)23-9-11-35-27(37-23)36-18-12-17(29)13-33-14-18/h3-11,17-18,33,38H,12-15H2,1-2H3,(H,35,36,37)/t17-,18-/m0/s1. The largest absolute Gasteiger partial charge is 0.437 e. The quantitative estimate of drug-likeness (QED) is 0.216. The highest BCUT2D eigenvalue weighted by Crippen LogP contribution is 2.40. The molecule has 0 radical (unpaired) electrons. The molecule has 2 aromatic carbocycles. The predicted octanol–water partition coefficient (Wildman–Crippen LogP) is 5.44. The first-order valence-corrected chi connectivity index (χ1v) is 14.7. The van der Waals surface area contributed by atoms with E-state index in [9.17, 15) is 26.0 Å². The number of hydrogen-bond acceptors (Lipinski definition) is 8. The first-order chi connectivity index (χ1) is 19.9. The Bertz CT molecular complexity index is 1720. The summed E-state index contributed by atoms with van der Waals surface area (Å²) in [7, 11) is -4.59. The molecule has 0 unspecified atom stereocenters. The third-order valence-corrected chi connectivity index (χ3v) is 7.93. The molecule has 1 aliphatic heterocycles. The van der Waals surface area contributed by atoms with E-state index in [2.05, 4.69) is 25.6 Å². The zero-order valence-corrected chi connectivity index (χ0v) is 23.5. The SMILES string of the molecule is Cc1ccc2c(NS(=O)(=O)CC(C)(F)F)c(F)ccc2c1Oc1ncccc1-c1ccnc(N[C@@H]2CNC[C@@H](F)C2)n1. The molecule has 2 atom stereocenters. The van der Waals surface area contributed by atoms with Crippen molar-refractivity contribution in [2.24, 2.45) is 0 Å². The van der Waals surface area contributed by atoms with Crippen molar-refractivity contribution in [1.82, 2.24) is 20.3 Å². The van der Waals surface area contributed by atoms with Crippen LogP contribution in [0.3, 0.4) is 0 Å². The highest BCUT2D eigenvalue weighted by Gasteiger charge is 2.31. The van der Waals surface area contributed by atoms with Crippen LogP contribution in [0, 0.1) is 12.7 Å². The molecule has 222 valence electrons. The number of piperidine rings is 1. The number of halogens is 4. The lowest BCUT2D eigenvalue weighted by atomic mass is 10.0. The predicted molar refractivity (Wildman–Crippen MR) is 152 cm³/mol. The minimum absolute atomic E-state index is 0.108. The highest BCUT2D eigenvalue weighted by molar-refractivity contribution is 7.92. The second-order valence-corrected chi connectivity index (χ2v) is 11.9. The lowest BCUT2D eigenvalue weighted by molar-refractivity contribution is 0.0475. The molecule has 0 saturated carbocycles. The normalized spacial score (nSPS) is 17.7. The summed E-state index contributed by atoms with van der Waals surface area (Å²) in [6.07, 6.45) is 2.41. The molecule has 2 aromatic heterocycles. The Morgan fingerprint density at radius 2 is 1.86 bits per heavy atom. The number of sulfonamides is 1. The van der Waals surface area contributed by atoms with Crippen LogP contribution in [0.5, 0.6) is 11.6 Å². The number of anilines is 2. The van der Waals surface area contributed by atoms with Gasteiger partial charge < -0.3 is 15.4 Å². The molecule has 3 heterocycles. The molecule has 14 heteroatoms. The molecule has 0 amide bonds. The van der Waals surface area contributed by atoms with Crippen molar-refractivity contribution in [3.05, 3.63) is 66.2 Å². The molecule has 0 spiro atoms. The number of nitrogens with one attached hydrogen (secondary N) is 3. The van der Waals surface area contributed by atoms with E-state index in [1.165, 1.54) is 18.3 Å². The molecule has 1 aliphatic rings. The maximum Gasteiger partial charge on any atom is 0.261 e. The first kappa shape index (κ1) is 29.5. The number of aryl methyl sites for hydroxylation is 1. The number of benzene rings is 2. The van der Waals surface area contributed by atoms with E-state index >= 15 is 0 Å². The van der Waals surface area contributed by atoms with Gasteiger partial charge in [-0.2, -0.15) is 0 Å². The van der Waals surface area contributed by atoms with Gasteiger partial charge in [-0.25, -0.2) is 40.9 Å². The van der Waals surface area contributed by atoms with Crippen LogP contribution in [-0.2, 0) is 10.0 Å². The van der Waals surface area contributed by atoms with E-state index in [0.717, 1.165) is 6.07 Å². The lowest BCUT2D eigenvalue weighted by Crippen LogP contribution is -2.44. The number of fused-ring (bicyclic) bond motifs is 1. The zero-order chi connectivity index (χ0) is 30.1. The maximum atomic E-state index is 14.8. The molecule has 9 nitrogen and oxygen atoms in total. The van der Waals surface area contributed by atoms with Crippen molar-refractivity contribution in [1.29, 1.82) is 0 Å². The van der Waals surface area contributed by atoms with Crippen molar-refractivity contribution in [2.75, 3.05) is 28.9 Å². The highest BCUT2D eigenvalue weighted by atomic mass is 32.2. The Morgan fingerprint density at radius 1 is 1.07 bits per heavy atom. The third-order valence-electron chi connectivity index (χ3n) is 6.53. The molecule has 3 N–H and O–H groups in total. The van der Waals surface area contributed by atoms with E-state index in [1.54, 1.807) is 37.4 Å². The van der Waals surface area contributed by atoms with Crippen LogP contribution < -0.4 is 20.1 Å². The minimum atomic E-state index is -4.59. The van der Waals surface area contributed by atoms with Crippen molar-refractivity contribution >= 4 is 32.4 Å². The molecule has 5 rings (SSSR count). The van der Waals surface area contributed by atoms with Crippen LogP contribution in [0.15, 0.2) is 54.9 Å². The van der Waals surface area contributed by atoms with Gasteiger partial charge in [0, 0.05) is 55.6 Å². The fourth-order valence-electron chi connectivity index (χ4n) is 4.75. The molecule has 1 saturated heterocycles. The van der Waals surface area contributed by atoms with E-state index < -0.39 is 39.4 Å².